The Morgan fingerprint density at radius 2 is 1.28 bits per heavy atom. The van der Waals surface area contributed by atoms with Crippen molar-refractivity contribution in [3.63, 3.8) is 0 Å². The fraction of sp³-hybridized carbons (Fsp3) is 0.269. The maximum atomic E-state index is 5.53. The van der Waals surface area contributed by atoms with E-state index in [1.807, 2.05) is 48.5 Å². The van der Waals surface area contributed by atoms with Gasteiger partial charge in [-0.25, -0.2) is 4.99 Å². The summed E-state index contributed by atoms with van der Waals surface area (Å²) in [6.45, 7) is 3.58. The van der Waals surface area contributed by atoms with Crippen molar-refractivity contribution in [2.75, 3.05) is 27.1 Å². The first-order valence-electron chi connectivity index (χ1n) is 10.5. The number of amidine groups is 1. The molecule has 0 radical (unpaired) electrons. The Morgan fingerprint density at radius 3 is 1.75 bits per heavy atom. The van der Waals surface area contributed by atoms with Gasteiger partial charge < -0.3 is 19.1 Å². The van der Waals surface area contributed by atoms with E-state index in [-0.39, 0.29) is 0 Å². The second-order valence-electron chi connectivity index (χ2n) is 7.05. The number of thioether (sulfide) groups is 1. The van der Waals surface area contributed by atoms with Crippen LogP contribution in [-0.4, -0.2) is 37.1 Å². The number of hydrogen-bond donors (Lipinski definition) is 0. The number of para-hydroxylation sites is 2. The molecule has 0 aliphatic heterocycles. The van der Waals surface area contributed by atoms with E-state index in [1.54, 1.807) is 33.1 Å². The molecule has 0 fully saturated rings. The number of methoxy groups -OCH3 is 3. The van der Waals surface area contributed by atoms with Crippen LogP contribution in [0.2, 0.25) is 0 Å². The first-order valence-corrected chi connectivity index (χ1v) is 11.5. The largest absolute Gasteiger partial charge is 0.497 e. The number of hydrogen-bond acceptors (Lipinski definition) is 5. The molecule has 0 bridgehead atoms. The Kier molecular flexibility index (Phi) is 8.87. The molecule has 0 aliphatic rings. The highest BCUT2D eigenvalue weighted by atomic mass is 32.2. The second kappa shape index (κ2) is 12.1. The maximum absolute atomic E-state index is 5.53. The number of rotatable bonds is 9. The summed E-state index contributed by atoms with van der Waals surface area (Å²) in [5, 5.41) is 0.948. The van der Waals surface area contributed by atoms with Crippen LogP contribution in [0.25, 0.3) is 0 Å². The molecule has 0 amide bonds. The van der Waals surface area contributed by atoms with Crippen LogP contribution in [0, 0.1) is 0 Å². The van der Waals surface area contributed by atoms with Crippen molar-refractivity contribution in [2.45, 2.75) is 20.0 Å². The fourth-order valence-corrected chi connectivity index (χ4v) is 3.98. The van der Waals surface area contributed by atoms with E-state index >= 15 is 0 Å². The number of ether oxygens (including phenoxy) is 3. The molecule has 0 atom stereocenters. The fourth-order valence-electron chi connectivity index (χ4n) is 3.24. The highest BCUT2D eigenvalue weighted by Crippen LogP contribution is 2.29. The van der Waals surface area contributed by atoms with Crippen molar-refractivity contribution in [3.8, 4) is 17.2 Å². The van der Waals surface area contributed by atoms with Crippen LogP contribution < -0.4 is 14.2 Å². The molecule has 3 aromatic rings. The molecular weight excluding hydrogens is 420 g/mol. The van der Waals surface area contributed by atoms with Crippen LogP contribution in [0.1, 0.15) is 18.1 Å². The zero-order valence-electron chi connectivity index (χ0n) is 19.1. The molecule has 0 saturated heterocycles. The lowest BCUT2D eigenvalue weighted by molar-refractivity contribution is 0.404. The minimum atomic E-state index is 0.719. The number of nitrogens with zero attached hydrogens (tertiary/aromatic N) is 2. The normalized spacial score (nSPS) is 11.2. The van der Waals surface area contributed by atoms with Gasteiger partial charge in [0.15, 0.2) is 5.17 Å². The van der Waals surface area contributed by atoms with Crippen LogP contribution in [0.15, 0.2) is 77.8 Å². The van der Waals surface area contributed by atoms with E-state index in [1.165, 1.54) is 11.1 Å². The maximum Gasteiger partial charge on any atom is 0.165 e. The molecule has 5 nitrogen and oxygen atoms in total. The Morgan fingerprint density at radius 1 is 0.750 bits per heavy atom. The van der Waals surface area contributed by atoms with E-state index in [0.717, 1.165) is 46.9 Å². The minimum absolute atomic E-state index is 0.719. The molecule has 0 unspecified atom stereocenters. The van der Waals surface area contributed by atoms with Gasteiger partial charge in [0.25, 0.3) is 0 Å². The summed E-state index contributed by atoms with van der Waals surface area (Å²) in [6.07, 6.45) is 0. The lowest BCUT2D eigenvalue weighted by Crippen LogP contribution is -2.28. The van der Waals surface area contributed by atoms with Gasteiger partial charge in [-0.3, -0.25) is 0 Å². The third-order valence-corrected chi connectivity index (χ3v) is 5.81. The Labute approximate surface area is 195 Å². The van der Waals surface area contributed by atoms with Crippen LogP contribution in [0.3, 0.4) is 0 Å². The van der Waals surface area contributed by atoms with Gasteiger partial charge in [-0.1, -0.05) is 55.1 Å². The van der Waals surface area contributed by atoms with Gasteiger partial charge in [-0.15, -0.1) is 0 Å². The van der Waals surface area contributed by atoms with Gasteiger partial charge in [-0.2, -0.15) is 0 Å². The van der Waals surface area contributed by atoms with Crippen molar-refractivity contribution in [1.29, 1.82) is 0 Å². The van der Waals surface area contributed by atoms with Gasteiger partial charge in [0.2, 0.25) is 0 Å². The van der Waals surface area contributed by atoms with Crippen LogP contribution in [0.4, 0.5) is 5.69 Å². The average Bonchev–Trinajstić information content (AvgIpc) is 2.84. The second-order valence-corrected chi connectivity index (χ2v) is 8.28. The molecule has 0 aromatic heterocycles. The lowest BCUT2D eigenvalue weighted by Gasteiger charge is -2.26. The number of benzene rings is 3. The molecule has 6 heteroatoms. The van der Waals surface area contributed by atoms with E-state index in [9.17, 15) is 0 Å². The summed E-state index contributed by atoms with van der Waals surface area (Å²) in [7, 11) is 5.04. The molecule has 0 spiro atoms. The Balaban J connectivity index is 1.96. The standard InChI is InChI=1S/C26H30N2O3S/c1-5-32-26(27-24-8-6-7-9-25(24)31-4)28(18-20-10-14-22(29-2)15-11-20)19-21-12-16-23(30-3)17-13-21/h6-17H,5,18-19H2,1-4H3. The Hall–Kier alpha value is -3.12. The summed E-state index contributed by atoms with van der Waals surface area (Å²) in [4.78, 5) is 7.31. The quantitative estimate of drug-likeness (QED) is 0.289. The van der Waals surface area contributed by atoms with Gasteiger partial charge in [0, 0.05) is 13.1 Å². The smallest absolute Gasteiger partial charge is 0.165 e. The van der Waals surface area contributed by atoms with Gasteiger partial charge in [0.05, 0.1) is 21.3 Å². The Bertz CT molecular complexity index is 955. The zero-order chi connectivity index (χ0) is 22.8. The molecule has 168 valence electrons. The summed E-state index contributed by atoms with van der Waals surface area (Å²) < 4.78 is 16.2. The highest BCUT2D eigenvalue weighted by Gasteiger charge is 2.15. The average molecular weight is 451 g/mol. The molecule has 3 aromatic carbocycles. The van der Waals surface area contributed by atoms with Crippen molar-refractivity contribution >= 4 is 22.6 Å². The van der Waals surface area contributed by atoms with Crippen LogP contribution in [0.5, 0.6) is 17.2 Å². The van der Waals surface area contributed by atoms with E-state index in [4.69, 9.17) is 19.2 Å². The summed E-state index contributed by atoms with van der Waals surface area (Å²) >= 11 is 1.72. The van der Waals surface area contributed by atoms with Crippen LogP contribution in [-0.2, 0) is 13.1 Å². The van der Waals surface area contributed by atoms with Gasteiger partial charge in [0.1, 0.15) is 22.9 Å². The molecule has 0 N–H and O–H groups in total. The first kappa shape index (κ1) is 23.5. The zero-order valence-corrected chi connectivity index (χ0v) is 19.9. The van der Waals surface area contributed by atoms with Crippen molar-refractivity contribution < 1.29 is 14.2 Å². The molecule has 3 rings (SSSR count). The molecule has 32 heavy (non-hydrogen) atoms. The van der Waals surface area contributed by atoms with Crippen molar-refractivity contribution in [1.82, 2.24) is 4.90 Å². The predicted molar refractivity (Wildman–Crippen MR) is 133 cm³/mol. The molecule has 0 aliphatic carbocycles. The van der Waals surface area contributed by atoms with Crippen molar-refractivity contribution in [2.24, 2.45) is 4.99 Å². The third-order valence-electron chi connectivity index (χ3n) is 4.91. The lowest BCUT2D eigenvalue weighted by atomic mass is 10.1. The summed E-state index contributed by atoms with van der Waals surface area (Å²) in [5.41, 5.74) is 3.19. The first-order chi connectivity index (χ1) is 15.7. The van der Waals surface area contributed by atoms with Gasteiger partial charge in [-0.05, 0) is 53.3 Å². The topological polar surface area (TPSA) is 43.3 Å². The summed E-state index contributed by atoms with van der Waals surface area (Å²) in [6, 6.07) is 24.2. The molecule has 0 saturated carbocycles. The molecular formula is C26H30N2O3S. The van der Waals surface area contributed by atoms with Crippen LogP contribution >= 0.6 is 11.8 Å². The van der Waals surface area contributed by atoms with E-state index in [0.29, 0.717) is 0 Å². The molecule has 0 heterocycles. The number of aliphatic imine (C=N–C) groups is 1. The monoisotopic (exact) mass is 450 g/mol. The predicted octanol–water partition coefficient (Wildman–Crippen LogP) is 6.16. The van der Waals surface area contributed by atoms with E-state index in [2.05, 4.69) is 36.1 Å². The minimum Gasteiger partial charge on any atom is -0.497 e. The van der Waals surface area contributed by atoms with E-state index < -0.39 is 0 Å². The summed E-state index contributed by atoms with van der Waals surface area (Å²) in [5.74, 6) is 3.37. The third kappa shape index (κ3) is 6.44. The van der Waals surface area contributed by atoms with Gasteiger partial charge >= 0.3 is 0 Å². The highest BCUT2D eigenvalue weighted by molar-refractivity contribution is 8.13. The SMILES string of the molecule is CCSC(=Nc1ccccc1OC)N(Cc1ccc(OC)cc1)Cc1ccc(OC)cc1. The van der Waals surface area contributed by atoms with Crippen molar-refractivity contribution in [3.05, 3.63) is 83.9 Å².